The first-order valence-electron chi connectivity index (χ1n) is 15.4. The van der Waals surface area contributed by atoms with Crippen LogP contribution in [-0.4, -0.2) is 16.4 Å². The maximum atomic E-state index is 14.4. The summed E-state index contributed by atoms with van der Waals surface area (Å²) in [5, 5.41) is 1.18. The predicted molar refractivity (Wildman–Crippen MR) is 179 cm³/mol. The minimum Gasteiger partial charge on any atom is -0.308 e. The normalized spacial score (nSPS) is 13.4. The van der Waals surface area contributed by atoms with Gasteiger partial charge in [0.2, 0.25) is 0 Å². The number of hydrogen-bond donors (Lipinski definition) is 0. The van der Waals surface area contributed by atoms with Crippen LogP contribution < -0.4 is 4.90 Å². The van der Waals surface area contributed by atoms with Crippen LogP contribution in [0.15, 0.2) is 133 Å². The van der Waals surface area contributed by atoms with Crippen molar-refractivity contribution < 1.29 is 35.9 Å². The van der Waals surface area contributed by atoms with Crippen LogP contribution in [0.25, 0.3) is 49.7 Å². The molecule has 0 unspecified atom stereocenters. The van der Waals surface area contributed by atoms with Crippen molar-refractivity contribution in [3.63, 3.8) is 0 Å². The molecule has 0 saturated carbocycles. The Balaban J connectivity index is 1.31. The first-order chi connectivity index (χ1) is 23.9. The summed E-state index contributed by atoms with van der Waals surface area (Å²) in [5.74, 6) is -1.03. The number of nitrogens with zero attached hydrogens (tertiary/aromatic N) is 2. The van der Waals surface area contributed by atoms with Gasteiger partial charge in [-0.2, -0.15) is 26.3 Å². The van der Waals surface area contributed by atoms with E-state index < -0.39 is 35.3 Å². The van der Waals surface area contributed by atoms with E-state index in [-0.39, 0.29) is 28.3 Å². The Hall–Kier alpha value is -6.16. The number of halogens is 6. The quantitative estimate of drug-likeness (QED) is 0.138. The van der Waals surface area contributed by atoms with Gasteiger partial charge in [0, 0.05) is 16.3 Å². The molecule has 4 nitrogen and oxygen atoms in total. The molecule has 0 atom stereocenters. The smallest absolute Gasteiger partial charge is 0.308 e. The van der Waals surface area contributed by atoms with Gasteiger partial charge in [-0.05, 0) is 71.3 Å². The Labute approximate surface area is 280 Å². The first kappa shape index (κ1) is 31.1. The predicted octanol–water partition coefficient (Wildman–Crippen LogP) is 11.0. The summed E-state index contributed by atoms with van der Waals surface area (Å²) in [7, 11) is 0. The fraction of sp³-hybridized carbons (Fsp3) is 0.0500. The highest BCUT2D eigenvalue weighted by molar-refractivity contribution is 6.36. The van der Waals surface area contributed by atoms with E-state index in [1.807, 2.05) is 42.5 Å². The number of carbonyl (C=O) groups is 2. The monoisotopic (exact) mass is 676 g/mol. The van der Waals surface area contributed by atoms with Crippen molar-refractivity contribution in [2.24, 2.45) is 0 Å². The zero-order valence-corrected chi connectivity index (χ0v) is 25.7. The molecule has 0 saturated heterocycles. The topological polar surface area (TPSA) is 42.3 Å². The fourth-order valence-electron chi connectivity index (χ4n) is 6.74. The van der Waals surface area contributed by atoms with Crippen LogP contribution in [0.1, 0.15) is 31.8 Å². The Bertz CT molecular complexity index is 2480. The van der Waals surface area contributed by atoms with Crippen molar-refractivity contribution >= 4 is 39.3 Å². The summed E-state index contributed by atoms with van der Waals surface area (Å²) >= 11 is 0. The summed E-state index contributed by atoms with van der Waals surface area (Å²) in [4.78, 5) is 29.5. The van der Waals surface area contributed by atoms with E-state index in [0.717, 1.165) is 10.5 Å². The Morgan fingerprint density at radius 2 is 1.04 bits per heavy atom. The summed E-state index contributed by atoms with van der Waals surface area (Å²) in [6.45, 7) is 0. The van der Waals surface area contributed by atoms with Crippen molar-refractivity contribution in [3.05, 3.63) is 156 Å². The van der Waals surface area contributed by atoms with E-state index in [0.29, 0.717) is 50.9 Å². The number of anilines is 1. The molecule has 8 rings (SSSR count). The van der Waals surface area contributed by atoms with Crippen LogP contribution >= 0.6 is 0 Å². The van der Waals surface area contributed by atoms with Crippen molar-refractivity contribution in [2.75, 3.05) is 4.90 Å². The van der Waals surface area contributed by atoms with E-state index in [9.17, 15) is 35.9 Å². The number of carbonyl (C=O) groups excluding carboxylic acids is 2. The maximum Gasteiger partial charge on any atom is 0.416 e. The minimum atomic E-state index is -5.00. The zero-order chi connectivity index (χ0) is 34.9. The zero-order valence-electron chi connectivity index (χ0n) is 25.7. The molecule has 1 aliphatic heterocycles. The van der Waals surface area contributed by atoms with Gasteiger partial charge < -0.3 is 4.57 Å². The van der Waals surface area contributed by atoms with Gasteiger partial charge in [-0.1, -0.05) is 78.9 Å². The number of imide groups is 1. The van der Waals surface area contributed by atoms with E-state index in [4.69, 9.17) is 0 Å². The summed E-state index contributed by atoms with van der Waals surface area (Å²) in [6.07, 6.45) is -9.99. The molecule has 2 heterocycles. The van der Waals surface area contributed by atoms with Gasteiger partial charge >= 0.3 is 12.4 Å². The van der Waals surface area contributed by atoms with Gasteiger partial charge in [-0.15, -0.1) is 0 Å². The lowest BCUT2D eigenvalue weighted by atomic mass is 9.97. The van der Waals surface area contributed by atoms with Gasteiger partial charge in [0.1, 0.15) is 0 Å². The molecular formula is C40H22F6N2O2. The second-order valence-electron chi connectivity index (χ2n) is 11.9. The molecular weight excluding hydrogens is 654 g/mol. The molecule has 2 amide bonds. The van der Waals surface area contributed by atoms with Gasteiger partial charge in [0.15, 0.2) is 0 Å². The van der Waals surface area contributed by atoms with Crippen LogP contribution in [0.2, 0.25) is 0 Å². The van der Waals surface area contributed by atoms with Crippen LogP contribution in [0.5, 0.6) is 0 Å². The summed E-state index contributed by atoms with van der Waals surface area (Å²) < 4.78 is 83.9. The number of alkyl halides is 6. The van der Waals surface area contributed by atoms with E-state index in [2.05, 4.69) is 0 Å². The number of amides is 2. The Morgan fingerprint density at radius 1 is 0.440 bits per heavy atom. The molecule has 246 valence electrons. The van der Waals surface area contributed by atoms with Crippen LogP contribution in [0.3, 0.4) is 0 Å². The third-order valence-corrected chi connectivity index (χ3v) is 8.96. The largest absolute Gasteiger partial charge is 0.416 e. The number of benzene rings is 6. The van der Waals surface area contributed by atoms with Crippen molar-refractivity contribution in [1.29, 1.82) is 0 Å². The maximum absolute atomic E-state index is 14.4. The third-order valence-electron chi connectivity index (χ3n) is 8.96. The minimum absolute atomic E-state index is 0.101. The average Bonchev–Trinajstić information content (AvgIpc) is 3.57. The van der Waals surface area contributed by atoms with Crippen LogP contribution in [-0.2, 0) is 12.4 Å². The van der Waals surface area contributed by atoms with Crippen molar-refractivity contribution in [3.8, 4) is 27.9 Å². The molecule has 0 spiro atoms. The molecule has 0 N–H and O–H groups in total. The fourth-order valence-corrected chi connectivity index (χ4v) is 6.74. The van der Waals surface area contributed by atoms with E-state index >= 15 is 0 Å². The average molecular weight is 677 g/mol. The highest BCUT2D eigenvalue weighted by Gasteiger charge is 2.41. The first-order valence-corrected chi connectivity index (χ1v) is 15.4. The Morgan fingerprint density at radius 3 is 1.76 bits per heavy atom. The van der Waals surface area contributed by atoms with Gasteiger partial charge in [-0.25, -0.2) is 4.90 Å². The number of hydrogen-bond acceptors (Lipinski definition) is 2. The molecule has 0 bridgehead atoms. The van der Waals surface area contributed by atoms with Gasteiger partial charge in [0.25, 0.3) is 11.8 Å². The molecule has 0 radical (unpaired) electrons. The lowest BCUT2D eigenvalue weighted by Gasteiger charge is -2.18. The number of para-hydroxylation sites is 2. The second kappa shape index (κ2) is 11.2. The standard InChI is InChI=1S/C40H22F6N2O2/c41-39(42,43)26-19-25(20-27(22-26)40(44,45)46)24-17-18-34-31(21-24)29-12-5-7-15-33(29)47(34)35-16-8-13-30-36(35)38(50)48(37(30)49)32-14-6-4-11-28(32)23-9-2-1-3-10-23/h1-22H. The van der Waals surface area contributed by atoms with E-state index in [1.54, 1.807) is 71.3 Å². The number of rotatable bonds is 4. The molecule has 0 fully saturated rings. The molecule has 7 aromatic rings. The van der Waals surface area contributed by atoms with Crippen molar-refractivity contribution in [2.45, 2.75) is 12.4 Å². The highest BCUT2D eigenvalue weighted by atomic mass is 19.4. The highest BCUT2D eigenvalue weighted by Crippen LogP contribution is 2.43. The summed E-state index contributed by atoms with van der Waals surface area (Å²) in [5.41, 5.74) is 0.924. The number of fused-ring (bicyclic) bond motifs is 4. The SMILES string of the molecule is O=C1c2cccc(-n3c4ccccc4c4cc(-c5cc(C(F)(F)F)cc(C(F)(F)F)c5)ccc43)c2C(=O)N1c1ccccc1-c1ccccc1. The lowest BCUT2D eigenvalue weighted by molar-refractivity contribution is -0.143. The van der Waals surface area contributed by atoms with Crippen LogP contribution in [0, 0.1) is 0 Å². The van der Waals surface area contributed by atoms with Crippen molar-refractivity contribution in [1.82, 2.24) is 4.57 Å². The molecule has 6 aromatic carbocycles. The molecule has 10 heteroatoms. The van der Waals surface area contributed by atoms with Crippen LogP contribution in [0.4, 0.5) is 32.0 Å². The number of aromatic nitrogens is 1. The second-order valence-corrected chi connectivity index (χ2v) is 11.9. The summed E-state index contributed by atoms with van der Waals surface area (Å²) in [6, 6.07) is 34.7. The molecule has 50 heavy (non-hydrogen) atoms. The molecule has 0 aliphatic carbocycles. The lowest BCUT2D eigenvalue weighted by Crippen LogP contribution is -2.30. The van der Waals surface area contributed by atoms with Gasteiger partial charge in [0.05, 0.1) is 44.7 Å². The Kier molecular flexibility index (Phi) is 6.97. The van der Waals surface area contributed by atoms with E-state index in [1.165, 1.54) is 6.07 Å². The third kappa shape index (κ3) is 4.94. The molecule has 1 aromatic heterocycles. The van der Waals surface area contributed by atoms with Gasteiger partial charge in [-0.3, -0.25) is 9.59 Å². The molecule has 1 aliphatic rings.